The van der Waals surface area contributed by atoms with Crippen LogP contribution in [0.25, 0.3) is 11.7 Å². The highest BCUT2D eigenvalue weighted by atomic mass is 32.2. The first-order valence-electron chi connectivity index (χ1n) is 12.1. The second kappa shape index (κ2) is 11.3. The number of anilines is 1. The summed E-state index contributed by atoms with van der Waals surface area (Å²) in [5, 5.41) is 3.20. The number of ether oxygens (including phenoxy) is 2. The van der Waals surface area contributed by atoms with Crippen LogP contribution >= 0.6 is 24.0 Å². The third-order valence-electron chi connectivity index (χ3n) is 6.32. The molecular weight excluding hydrogens is 536 g/mol. The molecule has 1 aliphatic rings. The maximum Gasteiger partial charge on any atom is 0.267 e. The highest BCUT2D eigenvalue weighted by Crippen LogP contribution is 2.34. The van der Waals surface area contributed by atoms with Crippen molar-refractivity contribution in [3.05, 3.63) is 92.6 Å². The van der Waals surface area contributed by atoms with Crippen LogP contribution in [0.5, 0.6) is 11.5 Å². The van der Waals surface area contributed by atoms with Gasteiger partial charge >= 0.3 is 0 Å². The predicted octanol–water partition coefficient (Wildman–Crippen LogP) is 4.67. The molecule has 11 heteroatoms. The van der Waals surface area contributed by atoms with Gasteiger partial charge in [0.05, 0.1) is 37.5 Å². The fraction of sp³-hybridized carbons (Fsp3) is 0.214. The van der Waals surface area contributed by atoms with Crippen LogP contribution in [0.4, 0.5) is 5.82 Å². The van der Waals surface area contributed by atoms with Gasteiger partial charge in [-0.2, -0.15) is 0 Å². The minimum Gasteiger partial charge on any atom is -0.493 e. The van der Waals surface area contributed by atoms with Gasteiger partial charge in [-0.05, 0) is 60.9 Å². The molecule has 1 fully saturated rings. The van der Waals surface area contributed by atoms with Gasteiger partial charge in [0, 0.05) is 12.7 Å². The number of nitrogens with one attached hydrogen (secondary N) is 1. The zero-order valence-corrected chi connectivity index (χ0v) is 23.2. The molecule has 0 atom stereocenters. The second-order valence-corrected chi connectivity index (χ2v) is 10.4. The Kier molecular flexibility index (Phi) is 7.71. The summed E-state index contributed by atoms with van der Waals surface area (Å²) >= 11 is 6.70. The van der Waals surface area contributed by atoms with Crippen LogP contribution in [-0.2, 0) is 17.8 Å². The van der Waals surface area contributed by atoms with Crippen LogP contribution in [0, 0.1) is 6.92 Å². The molecule has 0 unspecified atom stereocenters. The van der Waals surface area contributed by atoms with Crippen LogP contribution in [0.2, 0.25) is 0 Å². The van der Waals surface area contributed by atoms with Gasteiger partial charge in [0.2, 0.25) is 0 Å². The molecule has 1 amide bonds. The smallest absolute Gasteiger partial charge is 0.267 e. The number of carbonyl (C=O) groups excluding carboxylic acids is 1. The Hall–Kier alpha value is -4.09. The van der Waals surface area contributed by atoms with E-state index in [0.717, 1.165) is 11.1 Å². The molecular formula is C28H26N4O5S2. The summed E-state index contributed by atoms with van der Waals surface area (Å²) in [6.45, 7) is 2.60. The van der Waals surface area contributed by atoms with Crippen LogP contribution in [0.15, 0.2) is 69.0 Å². The summed E-state index contributed by atoms with van der Waals surface area (Å²) in [6, 6.07) is 12.9. The minimum atomic E-state index is -0.291. The first-order valence-corrected chi connectivity index (χ1v) is 13.4. The molecule has 9 nitrogen and oxygen atoms in total. The number of rotatable bonds is 9. The number of thioether (sulfide) groups is 1. The fourth-order valence-electron chi connectivity index (χ4n) is 4.26. The molecule has 3 aromatic heterocycles. The van der Waals surface area contributed by atoms with E-state index < -0.39 is 0 Å². The average Bonchev–Trinajstić information content (AvgIpc) is 3.56. The number of aromatic nitrogens is 2. The number of pyridine rings is 1. The van der Waals surface area contributed by atoms with E-state index in [0.29, 0.717) is 57.5 Å². The number of hydrogen-bond donors (Lipinski definition) is 1. The van der Waals surface area contributed by atoms with E-state index in [-0.39, 0.29) is 17.0 Å². The summed E-state index contributed by atoms with van der Waals surface area (Å²) in [4.78, 5) is 33.6. The first-order chi connectivity index (χ1) is 18.9. The number of nitrogens with zero attached hydrogens (tertiary/aromatic N) is 3. The Morgan fingerprint density at radius 2 is 1.95 bits per heavy atom. The summed E-state index contributed by atoms with van der Waals surface area (Å²) in [6.07, 6.45) is 5.39. The monoisotopic (exact) mass is 562 g/mol. The van der Waals surface area contributed by atoms with Gasteiger partial charge in [-0.25, -0.2) is 4.98 Å². The lowest BCUT2D eigenvalue weighted by atomic mass is 10.1. The van der Waals surface area contributed by atoms with E-state index in [4.69, 9.17) is 31.1 Å². The Balaban J connectivity index is 1.44. The zero-order valence-electron chi connectivity index (χ0n) is 21.6. The van der Waals surface area contributed by atoms with Crippen LogP contribution in [0.1, 0.15) is 22.5 Å². The zero-order chi connectivity index (χ0) is 27.5. The van der Waals surface area contributed by atoms with Crippen molar-refractivity contribution in [3.8, 4) is 11.5 Å². The summed E-state index contributed by atoms with van der Waals surface area (Å²) in [5.74, 6) is 2.05. The fourth-order valence-corrected chi connectivity index (χ4v) is 5.55. The van der Waals surface area contributed by atoms with Gasteiger partial charge in [0.25, 0.3) is 11.5 Å². The predicted molar refractivity (Wildman–Crippen MR) is 155 cm³/mol. The van der Waals surface area contributed by atoms with E-state index in [1.54, 1.807) is 49.8 Å². The molecule has 1 N–H and O–H groups in total. The van der Waals surface area contributed by atoms with E-state index in [9.17, 15) is 9.59 Å². The van der Waals surface area contributed by atoms with Crippen molar-refractivity contribution in [2.24, 2.45) is 0 Å². The van der Waals surface area contributed by atoms with Gasteiger partial charge in [-0.3, -0.25) is 18.9 Å². The molecule has 1 aliphatic heterocycles. The molecule has 0 bridgehead atoms. The number of amides is 1. The molecule has 0 spiro atoms. The van der Waals surface area contributed by atoms with Crippen LogP contribution < -0.4 is 20.3 Å². The van der Waals surface area contributed by atoms with Crippen molar-refractivity contribution in [2.45, 2.75) is 19.9 Å². The van der Waals surface area contributed by atoms with Crippen molar-refractivity contribution >= 4 is 51.7 Å². The molecule has 1 aromatic carbocycles. The van der Waals surface area contributed by atoms with Crippen molar-refractivity contribution in [1.82, 2.24) is 14.3 Å². The standard InChI is InChI=1S/C28H26N4O5S2/c1-17-6-4-11-31-25(17)30-24(29-16-19-7-5-13-37-19)20(26(31)33)15-23-27(34)32(28(38)39-23)12-10-18-8-9-21(35-2)22(14-18)36-3/h4-9,11,13-15,29H,10,12,16H2,1-3H3/b23-15+. The lowest BCUT2D eigenvalue weighted by Crippen LogP contribution is -2.30. The Bertz CT molecular complexity index is 1650. The summed E-state index contributed by atoms with van der Waals surface area (Å²) < 4.78 is 18.0. The number of thiocarbonyl (C=S) groups is 1. The number of carbonyl (C=O) groups is 1. The summed E-state index contributed by atoms with van der Waals surface area (Å²) in [5.41, 5.74) is 2.33. The van der Waals surface area contributed by atoms with Gasteiger partial charge in [0.1, 0.15) is 21.5 Å². The number of furan rings is 1. The molecule has 4 aromatic rings. The van der Waals surface area contributed by atoms with Crippen molar-refractivity contribution in [3.63, 3.8) is 0 Å². The van der Waals surface area contributed by atoms with Crippen LogP contribution in [-0.4, -0.2) is 45.3 Å². The second-order valence-electron chi connectivity index (χ2n) is 8.77. The van der Waals surface area contributed by atoms with Gasteiger partial charge < -0.3 is 19.2 Å². The van der Waals surface area contributed by atoms with Crippen LogP contribution in [0.3, 0.4) is 0 Å². The quantitative estimate of drug-likeness (QED) is 0.231. The highest BCUT2D eigenvalue weighted by molar-refractivity contribution is 8.26. The molecule has 4 heterocycles. The highest BCUT2D eigenvalue weighted by Gasteiger charge is 2.32. The lowest BCUT2D eigenvalue weighted by molar-refractivity contribution is -0.122. The maximum absolute atomic E-state index is 13.6. The number of benzene rings is 1. The van der Waals surface area contributed by atoms with Gasteiger partial charge in [-0.15, -0.1) is 0 Å². The third-order valence-corrected chi connectivity index (χ3v) is 7.69. The number of aryl methyl sites for hydroxylation is 1. The van der Waals surface area contributed by atoms with Gasteiger partial charge in [-0.1, -0.05) is 36.1 Å². The largest absolute Gasteiger partial charge is 0.493 e. The van der Waals surface area contributed by atoms with Crippen molar-refractivity contribution in [1.29, 1.82) is 0 Å². The summed E-state index contributed by atoms with van der Waals surface area (Å²) in [7, 11) is 3.16. The first kappa shape index (κ1) is 26.5. The molecule has 1 saturated heterocycles. The Morgan fingerprint density at radius 1 is 1.13 bits per heavy atom. The molecule has 0 saturated carbocycles. The average molecular weight is 563 g/mol. The minimum absolute atomic E-state index is 0.254. The van der Waals surface area contributed by atoms with E-state index in [2.05, 4.69) is 5.32 Å². The Labute approximate surface area is 234 Å². The topological polar surface area (TPSA) is 98.3 Å². The Morgan fingerprint density at radius 3 is 2.69 bits per heavy atom. The van der Waals surface area contributed by atoms with E-state index in [1.165, 1.54) is 16.2 Å². The van der Waals surface area contributed by atoms with E-state index >= 15 is 0 Å². The molecule has 0 radical (unpaired) electrons. The number of methoxy groups -OCH3 is 2. The number of hydrogen-bond acceptors (Lipinski definition) is 9. The third kappa shape index (κ3) is 5.41. The SMILES string of the molecule is COc1ccc(CCN2C(=O)/C(=C\c3c(NCc4ccco4)nc4c(C)cccn4c3=O)SC2=S)cc1OC. The molecule has 39 heavy (non-hydrogen) atoms. The normalized spacial score (nSPS) is 14.4. The van der Waals surface area contributed by atoms with E-state index in [1.807, 2.05) is 37.3 Å². The lowest BCUT2D eigenvalue weighted by Gasteiger charge is -2.15. The molecule has 0 aliphatic carbocycles. The maximum atomic E-state index is 13.6. The molecule has 200 valence electrons. The number of fused-ring (bicyclic) bond motifs is 1. The van der Waals surface area contributed by atoms with Crippen molar-refractivity contribution < 1.29 is 18.7 Å². The molecule has 5 rings (SSSR count). The van der Waals surface area contributed by atoms with Crippen molar-refractivity contribution in [2.75, 3.05) is 26.1 Å². The van der Waals surface area contributed by atoms with Gasteiger partial charge in [0.15, 0.2) is 11.5 Å².